The van der Waals surface area contributed by atoms with Crippen LogP contribution in [-0.4, -0.2) is 35.9 Å². The summed E-state index contributed by atoms with van der Waals surface area (Å²) in [6.45, 7) is 2.74. The summed E-state index contributed by atoms with van der Waals surface area (Å²) >= 11 is 1.85. The standard InChI is InChI=1S/C12H22N2OS/c1-3-4-5-10-16-11-7-12(15)14(2)9-6-8-13/h3-7,9-11H2,1-2H3. The van der Waals surface area contributed by atoms with Gasteiger partial charge < -0.3 is 4.90 Å². The van der Waals surface area contributed by atoms with Gasteiger partial charge in [0.25, 0.3) is 0 Å². The first-order valence-electron chi connectivity index (χ1n) is 5.91. The van der Waals surface area contributed by atoms with Crippen LogP contribution in [0.5, 0.6) is 0 Å². The Morgan fingerprint density at radius 3 is 2.75 bits per heavy atom. The van der Waals surface area contributed by atoms with E-state index >= 15 is 0 Å². The van der Waals surface area contributed by atoms with Crippen molar-refractivity contribution in [2.45, 2.75) is 39.0 Å². The summed E-state index contributed by atoms with van der Waals surface area (Å²) in [5.74, 6) is 2.21. The zero-order chi connectivity index (χ0) is 12.2. The van der Waals surface area contributed by atoms with Crippen LogP contribution >= 0.6 is 11.8 Å². The van der Waals surface area contributed by atoms with Gasteiger partial charge >= 0.3 is 0 Å². The van der Waals surface area contributed by atoms with Crippen LogP contribution in [0.3, 0.4) is 0 Å². The van der Waals surface area contributed by atoms with E-state index in [1.807, 2.05) is 17.8 Å². The van der Waals surface area contributed by atoms with Crippen LogP contribution in [-0.2, 0) is 4.79 Å². The molecule has 0 bridgehead atoms. The number of thioether (sulfide) groups is 1. The van der Waals surface area contributed by atoms with Gasteiger partial charge in [0, 0.05) is 25.8 Å². The molecule has 0 aliphatic carbocycles. The van der Waals surface area contributed by atoms with E-state index in [0.29, 0.717) is 19.4 Å². The number of carbonyl (C=O) groups is 1. The summed E-state index contributed by atoms with van der Waals surface area (Å²) in [6, 6.07) is 2.04. The number of nitriles is 1. The minimum atomic E-state index is 0.151. The third-order valence-electron chi connectivity index (χ3n) is 2.34. The lowest BCUT2D eigenvalue weighted by Crippen LogP contribution is -2.27. The van der Waals surface area contributed by atoms with Gasteiger partial charge in [-0.25, -0.2) is 0 Å². The maximum Gasteiger partial charge on any atom is 0.223 e. The molecule has 0 N–H and O–H groups in total. The van der Waals surface area contributed by atoms with Crippen molar-refractivity contribution < 1.29 is 4.79 Å². The van der Waals surface area contributed by atoms with Gasteiger partial charge in [0.2, 0.25) is 5.91 Å². The minimum absolute atomic E-state index is 0.151. The van der Waals surface area contributed by atoms with E-state index in [4.69, 9.17) is 5.26 Å². The van der Waals surface area contributed by atoms with Crippen molar-refractivity contribution in [3.63, 3.8) is 0 Å². The van der Waals surface area contributed by atoms with Crippen LogP contribution in [0.15, 0.2) is 0 Å². The number of amides is 1. The quantitative estimate of drug-likeness (QED) is 0.584. The highest BCUT2D eigenvalue weighted by atomic mass is 32.2. The number of rotatable bonds is 9. The minimum Gasteiger partial charge on any atom is -0.345 e. The molecule has 16 heavy (non-hydrogen) atoms. The molecule has 3 nitrogen and oxygen atoms in total. The molecule has 0 spiro atoms. The Bertz CT molecular complexity index is 226. The highest BCUT2D eigenvalue weighted by Gasteiger charge is 2.07. The molecule has 0 saturated carbocycles. The van der Waals surface area contributed by atoms with E-state index in [0.717, 1.165) is 11.5 Å². The Morgan fingerprint density at radius 1 is 1.38 bits per heavy atom. The van der Waals surface area contributed by atoms with Gasteiger partial charge in [-0.1, -0.05) is 19.8 Å². The molecule has 0 saturated heterocycles. The normalized spacial score (nSPS) is 9.81. The first-order valence-corrected chi connectivity index (χ1v) is 7.06. The average molecular weight is 242 g/mol. The van der Waals surface area contributed by atoms with E-state index in [-0.39, 0.29) is 5.91 Å². The second-order valence-corrected chi connectivity index (χ2v) is 5.02. The molecule has 1 amide bonds. The Kier molecular flexibility index (Phi) is 10.3. The molecule has 0 atom stereocenters. The number of nitrogens with zero attached hydrogens (tertiary/aromatic N) is 2. The highest BCUT2D eigenvalue weighted by Crippen LogP contribution is 2.08. The second kappa shape index (κ2) is 10.8. The molecular formula is C12H22N2OS. The fourth-order valence-electron chi connectivity index (χ4n) is 1.25. The van der Waals surface area contributed by atoms with E-state index in [9.17, 15) is 4.79 Å². The van der Waals surface area contributed by atoms with E-state index < -0.39 is 0 Å². The van der Waals surface area contributed by atoms with Crippen molar-refractivity contribution in [2.24, 2.45) is 0 Å². The molecule has 0 rings (SSSR count). The Labute approximate surface area is 103 Å². The zero-order valence-corrected chi connectivity index (χ0v) is 11.2. The smallest absolute Gasteiger partial charge is 0.223 e. The van der Waals surface area contributed by atoms with Gasteiger partial charge in [0.15, 0.2) is 0 Å². The van der Waals surface area contributed by atoms with Gasteiger partial charge in [0.1, 0.15) is 0 Å². The van der Waals surface area contributed by atoms with Crippen LogP contribution in [0, 0.1) is 11.3 Å². The van der Waals surface area contributed by atoms with Gasteiger partial charge in [-0.15, -0.1) is 0 Å². The molecule has 4 heteroatoms. The topological polar surface area (TPSA) is 44.1 Å². The van der Waals surface area contributed by atoms with Crippen molar-refractivity contribution in [3.05, 3.63) is 0 Å². The summed E-state index contributed by atoms with van der Waals surface area (Å²) in [7, 11) is 1.77. The highest BCUT2D eigenvalue weighted by molar-refractivity contribution is 7.99. The molecule has 0 radical (unpaired) electrons. The lowest BCUT2D eigenvalue weighted by Gasteiger charge is -2.14. The number of carbonyl (C=O) groups excluding carboxylic acids is 1. The first-order chi connectivity index (χ1) is 7.72. The molecule has 0 aliphatic rings. The largest absolute Gasteiger partial charge is 0.345 e. The van der Waals surface area contributed by atoms with Crippen molar-refractivity contribution >= 4 is 17.7 Å². The third kappa shape index (κ3) is 8.60. The predicted octanol–water partition coefficient (Wildman–Crippen LogP) is 2.67. The predicted molar refractivity (Wildman–Crippen MR) is 69.3 cm³/mol. The van der Waals surface area contributed by atoms with Crippen molar-refractivity contribution in [1.82, 2.24) is 4.90 Å². The monoisotopic (exact) mass is 242 g/mol. The summed E-state index contributed by atoms with van der Waals surface area (Å²) in [5, 5.41) is 8.40. The lowest BCUT2D eigenvalue weighted by atomic mass is 10.3. The fraction of sp³-hybridized carbons (Fsp3) is 0.833. The Morgan fingerprint density at radius 2 is 2.12 bits per heavy atom. The maximum absolute atomic E-state index is 11.5. The van der Waals surface area contributed by atoms with Crippen LogP contribution in [0.25, 0.3) is 0 Å². The summed E-state index contributed by atoms with van der Waals surface area (Å²) in [4.78, 5) is 13.2. The number of hydrogen-bond donors (Lipinski definition) is 0. The van der Waals surface area contributed by atoms with E-state index in [1.165, 1.54) is 19.3 Å². The average Bonchev–Trinajstić information content (AvgIpc) is 2.30. The maximum atomic E-state index is 11.5. The van der Waals surface area contributed by atoms with E-state index in [1.54, 1.807) is 11.9 Å². The van der Waals surface area contributed by atoms with Gasteiger partial charge in [-0.2, -0.15) is 17.0 Å². The molecule has 0 heterocycles. The SMILES string of the molecule is CCCCCSCCC(=O)N(C)CCC#N. The molecule has 92 valence electrons. The first kappa shape index (κ1) is 15.3. The summed E-state index contributed by atoms with van der Waals surface area (Å²) in [6.07, 6.45) is 4.80. The summed E-state index contributed by atoms with van der Waals surface area (Å²) in [5.41, 5.74) is 0. The third-order valence-corrected chi connectivity index (χ3v) is 3.41. The number of unbranched alkanes of at least 4 members (excludes halogenated alkanes) is 2. The molecule has 0 aromatic carbocycles. The van der Waals surface area contributed by atoms with Crippen molar-refractivity contribution in [1.29, 1.82) is 5.26 Å². The molecule has 0 unspecified atom stereocenters. The molecule has 0 fully saturated rings. The van der Waals surface area contributed by atoms with Crippen molar-refractivity contribution in [2.75, 3.05) is 25.1 Å². The molecule has 0 aromatic rings. The van der Waals surface area contributed by atoms with Crippen LogP contribution < -0.4 is 0 Å². The van der Waals surface area contributed by atoms with Crippen LogP contribution in [0.1, 0.15) is 39.0 Å². The fourth-order valence-corrected chi connectivity index (χ4v) is 2.18. The lowest BCUT2D eigenvalue weighted by molar-refractivity contribution is -0.129. The van der Waals surface area contributed by atoms with Gasteiger partial charge in [0.05, 0.1) is 12.5 Å². The Balaban J connectivity index is 3.39. The molecular weight excluding hydrogens is 220 g/mol. The second-order valence-electron chi connectivity index (χ2n) is 3.79. The molecule has 0 aromatic heterocycles. The van der Waals surface area contributed by atoms with Crippen LogP contribution in [0.2, 0.25) is 0 Å². The van der Waals surface area contributed by atoms with Crippen molar-refractivity contribution in [3.8, 4) is 6.07 Å². The zero-order valence-electron chi connectivity index (χ0n) is 10.4. The molecule has 0 aliphatic heterocycles. The van der Waals surface area contributed by atoms with E-state index in [2.05, 4.69) is 6.92 Å². The van der Waals surface area contributed by atoms with Gasteiger partial charge in [-0.3, -0.25) is 4.79 Å². The summed E-state index contributed by atoms with van der Waals surface area (Å²) < 4.78 is 0. The number of hydrogen-bond acceptors (Lipinski definition) is 3. The Hall–Kier alpha value is -0.690. The van der Waals surface area contributed by atoms with Gasteiger partial charge in [-0.05, 0) is 12.2 Å². The van der Waals surface area contributed by atoms with Crippen LogP contribution in [0.4, 0.5) is 0 Å².